The fourth-order valence-corrected chi connectivity index (χ4v) is 3.08. The van der Waals surface area contributed by atoms with E-state index in [0.717, 1.165) is 32.8 Å². The third kappa shape index (κ3) is 11.2. The van der Waals surface area contributed by atoms with Crippen molar-refractivity contribution in [2.24, 2.45) is 0 Å². The standard InChI is InChI=1S/C14H30O3Si/c1-2-3-4-5-6-7-11-18-17-10-8-9-15-12-14-13-16-14/h14H,2-13,18H2,1H3. The molecule has 0 bridgehead atoms. The van der Waals surface area contributed by atoms with Crippen molar-refractivity contribution >= 4 is 9.76 Å². The van der Waals surface area contributed by atoms with Crippen molar-refractivity contribution in [2.45, 2.75) is 64.0 Å². The number of hydrogen-bond donors (Lipinski definition) is 0. The largest absolute Gasteiger partial charge is 0.424 e. The normalized spacial score (nSPS) is 18.8. The lowest BCUT2D eigenvalue weighted by Crippen LogP contribution is -2.07. The lowest BCUT2D eigenvalue weighted by molar-refractivity contribution is 0.105. The van der Waals surface area contributed by atoms with E-state index >= 15 is 0 Å². The molecule has 0 spiro atoms. The van der Waals surface area contributed by atoms with E-state index in [1.807, 2.05) is 0 Å². The molecule has 1 aliphatic rings. The van der Waals surface area contributed by atoms with Crippen molar-refractivity contribution in [3.05, 3.63) is 0 Å². The van der Waals surface area contributed by atoms with Crippen LogP contribution in [-0.2, 0) is 13.9 Å². The van der Waals surface area contributed by atoms with Gasteiger partial charge in [-0.3, -0.25) is 0 Å². The minimum Gasteiger partial charge on any atom is -0.424 e. The molecular formula is C14H30O3Si. The molecule has 108 valence electrons. The van der Waals surface area contributed by atoms with Gasteiger partial charge in [0.1, 0.15) is 6.10 Å². The van der Waals surface area contributed by atoms with Crippen LogP contribution in [0.1, 0.15) is 51.9 Å². The number of ether oxygens (including phenoxy) is 2. The molecule has 1 aliphatic heterocycles. The van der Waals surface area contributed by atoms with Gasteiger partial charge in [0.15, 0.2) is 9.76 Å². The number of epoxide rings is 1. The molecule has 0 aromatic heterocycles. The van der Waals surface area contributed by atoms with Crippen molar-refractivity contribution < 1.29 is 13.9 Å². The third-order valence-electron chi connectivity index (χ3n) is 3.18. The monoisotopic (exact) mass is 274 g/mol. The highest BCUT2D eigenvalue weighted by Gasteiger charge is 2.21. The van der Waals surface area contributed by atoms with Crippen molar-refractivity contribution in [1.29, 1.82) is 0 Å². The summed E-state index contributed by atoms with van der Waals surface area (Å²) in [6.07, 6.45) is 9.79. The van der Waals surface area contributed by atoms with E-state index in [1.165, 1.54) is 44.6 Å². The Bertz CT molecular complexity index is 174. The SMILES string of the molecule is CCCCCCCC[SiH2]OCCCOCC1CO1. The van der Waals surface area contributed by atoms with Gasteiger partial charge in [-0.1, -0.05) is 45.4 Å². The van der Waals surface area contributed by atoms with Crippen LogP contribution in [0.5, 0.6) is 0 Å². The first-order valence-corrected chi connectivity index (χ1v) is 9.28. The smallest absolute Gasteiger partial charge is 0.161 e. The maximum atomic E-state index is 5.71. The summed E-state index contributed by atoms with van der Waals surface area (Å²) in [7, 11) is -0.246. The molecule has 0 aromatic carbocycles. The predicted molar refractivity (Wildman–Crippen MR) is 77.9 cm³/mol. The molecular weight excluding hydrogens is 244 g/mol. The molecule has 3 nitrogen and oxygen atoms in total. The van der Waals surface area contributed by atoms with Gasteiger partial charge in [0, 0.05) is 13.2 Å². The second kappa shape index (κ2) is 12.1. The van der Waals surface area contributed by atoms with Crippen LogP contribution in [0.3, 0.4) is 0 Å². The summed E-state index contributed by atoms with van der Waals surface area (Å²) >= 11 is 0. The van der Waals surface area contributed by atoms with Crippen LogP contribution in [0.15, 0.2) is 0 Å². The molecule has 1 heterocycles. The van der Waals surface area contributed by atoms with Crippen LogP contribution >= 0.6 is 0 Å². The lowest BCUT2D eigenvalue weighted by atomic mass is 10.1. The molecule has 1 fully saturated rings. The summed E-state index contributed by atoms with van der Waals surface area (Å²) in [5.74, 6) is 0. The van der Waals surface area contributed by atoms with Gasteiger partial charge in [-0.25, -0.2) is 0 Å². The van der Waals surface area contributed by atoms with E-state index in [1.54, 1.807) is 0 Å². The second-order valence-electron chi connectivity index (χ2n) is 5.12. The fraction of sp³-hybridized carbons (Fsp3) is 1.00. The summed E-state index contributed by atoms with van der Waals surface area (Å²) in [6.45, 7) is 5.65. The van der Waals surface area contributed by atoms with E-state index in [-0.39, 0.29) is 9.76 Å². The molecule has 0 amide bonds. The summed E-state index contributed by atoms with van der Waals surface area (Å²) < 4.78 is 16.2. The number of unbranched alkanes of at least 4 members (excludes halogenated alkanes) is 5. The quantitative estimate of drug-likeness (QED) is 0.277. The van der Waals surface area contributed by atoms with Crippen LogP contribution in [0.25, 0.3) is 0 Å². The van der Waals surface area contributed by atoms with E-state index in [0.29, 0.717) is 6.10 Å². The van der Waals surface area contributed by atoms with E-state index in [2.05, 4.69) is 6.92 Å². The van der Waals surface area contributed by atoms with Crippen molar-refractivity contribution in [2.75, 3.05) is 26.4 Å². The average molecular weight is 274 g/mol. The predicted octanol–water partition coefficient (Wildman–Crippen LogP) is 2.67. The molecule has 0 radical (unpaired) electrons. The Morgan fingerprint density at radius 1 is 1.06 bits per heavy atom. The Labute approximate surface area is 115 Å². The zero-order valence-electron chi connectivity index (χ0n) is 12.0. The van der Waals surface area contributed by atoms with Gasteiger partial charge in [-0.2, -0.15) is 0 Å². The molecule has 18 heavy (non-hydrogen) atoms. The Hall–Kier alpha value is 0.0969. The van der Waals surface area contributed by atoms with Gasteiger partial charge in [-0.15, -0.1) is 0 Å². The molecule has 0 aromatic rings. The highest BCUT2D eigenvalue weighted by atomic mass is 28.2. The maximum absolute atomic E-state index is 5.71. The van der Waals surface area contributed by atoms with Crippen LogP contribution in [0, 0.1) is 0 Å². The van der Waals surface area contributed by atoms with E-state index in [4.69, 9.17) is 13.9 Å². The van der Waals surface area contributed by atoms with E-state index < -0.39 is 0 Å². The molecule has 0 aliphatic carbocycles. The van der Waals surface area contributed by atoms with Gasteiger partial charge in [0.2, 0.25) is 0 Å². The van der Waals surface area contributed by atoms with Crippen LogP contribution < -0.4 is 0 Å². The van der Waals surface area contributed by atoms with Crippen molar-refractivity contribution in [3.63, 3.8) is 0 Å². The van der Waals surface area contributed by atoms with Crippen LogP contribution in [0.2, 0.25) is 6.04 Å². The molecule has 1 atom stereocenters. The van der Waals surface area contributed by atoms with Crippen molar-refractivity contribution in [3.8, 4) is 0 Å². The minimum absolute atomic E-state index is 0.246. The average Bonchev–Trinajstić information content (AvgIpc) is 3.19. The Morgan fingerprint density at radius 3 is 2.61 bits per heavy atom. The first kappa shape index (κ1) is 16.2. The summed E-state index contributed by atoms with van der Waals surface area (Å²) in [5, 5.41) is 0. The molecule has 0 saturated carbocycles. The van der Waals surface area contributed by atoms with Gasteiger partial charge < -0.3 is 13.9 Å². The molecule has 4 heteroatoms. The zero-order chi connectivity index (χ0) is 12.9. The van der Waals surface area contributed by atoms with E-state index in [9.17, 15) is 0 Å². The highest BCUT2D eigenvalue weighted by molar-refractivity contribution is 6.26. The van der Waals surface area contributed by atoms with Crippen LogP contribution in [-0.4, -0.2) is 42.3 Å². The lowest BCUT2D eigenvalue weighted by Gasteiger charge is -2.04. The number of rotatable bonds is 14. The fourth-order valence-electron chi connectivity index (χ4n) is 1.91. The first-order chi connectivity index (χ1) is 8.93. The summed E-state index contributed by atoms with van der Waals surface area (Å²) in [6, 6.07) is 1.35. The Balaban J connectivity index is 1.60. The van der Waals surface area contributed by atoms with Gasteiger partial charge in [0.25, 0.3) is 0 Å². The third-order valence-corrected chi connectivity index (χ3v) is 4.54. The first-order valence-electron chi connectivity index (χ1n) is 7.70. The van der Waals surface area contributed by atoms with Crippen molar-refractivity contribution in [1.82, 2.24) is 0 Å². The van der Waals surface area contributed by atoms with Gasteiger partial charge in [-0.05, 0) is 12.5 Å². The molecule has 1 saturated heterocycles. The van der Waals surface area contributed by atoms with Crippen LogP contribution in [0.4, 0.5) is 0 Å². The zero-order valence-corrected chi connectivity index (χ0v) is 13.4. The minimum atomic E-state index is -0.246. The summed E-state index contributed by atoms with van der Waals surface area (Å²) in [5.41, 5.74) is 0. The summed E-state index contributed by atoms with van der Waals surface area (Å²) in [4.78, 5) is 0. The Morgan fingerprint density at radius 2 is 1.83 bits per heavy atom. The number of hydrogen-bond acceptors (Lipinski definition) is 3. The van der Waals surface area contributed by atoms with Gasteiger partial charge >= 0.3 is 0 Å². The maximum Gasteiger partial charge on any atom is 0.161 e. The second-order valence-corrected chi connectivity index (χ2v) is 6.64. The van der Waals surface area contributed by atoms with Gasteiger partial charge in [0.05, 0.1) is 13.2 Å². The highest BCUT2D eigenvalue weighted by Crippen LogP contribution is 2.08. The topological polar surface area (TPSA) is 31.0 Å². The molecule has 1 unspecified atom stereocenters. The Kier molecular flexibility index (Phi) is 10.9. The molecule has 1 rings (SSSR count). The molecule has 0 N–H and O–H groups in total.